The Balaban J connectivity index is 1.64. The van der Waals surface area contributed by atoms with Gasteiger partial charge in [-0.05, 0) is 71.1 Å². The molecule has 1 saturated heterocycles. The molecule has 0 unspecified atom stereocenters. The van der Waals surface area contributed by atoms with Crippen LogP contribution >= 0.6 is 0 Å². The molecule has 0 N–H and O–H groups in total. The number of benzene rings is 1. The van der Waals surface area contributed by atoms with Gasteiger partial charge >= 0.3 is 12.1 Å². The Labute approximate surface area is 189 Å². The van der Waals surface area contributed by atoms with Gasteiger partial charge in [0.2, 0.25) is 0 Å². The summed E-state index contributed by atoms with van der Waals surface area (Å²) in [6, 6.07) is 3.39. The minimum absolute atomic E-state index is 0.0501. The first-order valence-electron chi connectivity index (χ1n) is 11.4. The molecule has 2 aliphatic heterocycles. The van der Waals surface area contributed by atoms with Gasteiger partial charge in [-0.15, -0.1) is 0 Å². The van der Waals surface area contributed by atoms with Crippen molar-refractivity contribution in [2.45, 2.75) is 59.6 Å². The minimum atomic E-state index is -0.509. The minimum Gasteiger partial charge on any atom is -0.493 e. The number of likely N-dealkylation sites (tertiary alicyclic amines) is 1. The number of ether oxygens (including phenoxy) is 3. The molecule has 0 saturated carbocycles. The standard InChI is InChI=1S/C24H34N2O6/c1-6-30-20-13-18-17(12-19(20)22(28)31-7-2)15-26(21(18)27)14-16-8-10-25(11-9-16)23(29)32-24(3,4)5/h12-13,16H,6-11,14-15H2,1-5H3. The molecule has 8 heteroatoms. The zero-order valence-electron chi connectivity index (χ0n) is 19.7. The molecule has 176 valence electrons. The highest BCUT2D eigenvalue weighted by Gasteiger charge is 2.34. The molecule has 0 bridgehead atoms. The first-order chi connectivity index (χ1) is 15.1. The van der Waals surface area contributed by atoms with E-state index >= 15 is 0 Å². The Morgan fingerprint density at radius 2 is 1.78 bits per heavy atom. The van der Waals surface area contributed by atoms with Crippen molar-refractivity contribution in [3.8, 4) is 5.75 Å². The topological polar surface area (TPSA) is 85.4 Å². The average Bonchev–Trinajstić information content (AvgIpc) is 3.02. The lowest BCUT2D eigenvalue weighted by atomic mass is 9.96. The summed E-state index contributed by atoms with van der Waals surface area (Å²) in [7, 11) is 0. The van der Waals surface area contributed by atoms with Crippen LogP contribution in [0.25, 0.3) is 0 Å². The molecular weight excluding hydrogens is 412 g/mol. The number of amides is 2. The van der Waals surface area contributed by atoms with E-state index in [1.54, 1.807) is 24.0 Å². The maximum Gasteiger partial charge on any atom is 0.410 e. The fourth-order valence-corrected chi connectivity index (χ4v) is 4.13. The van der Waals surface area contributed by atoms with E-state index in [-0.39, 0.29) is 18.6 Å². The zero-order valence-corrected chi connectivity index (χ0v) is 19.7. The highest BCUT2D eigenvalue weighted by Crippen LogP contribution is 2.32. The molecule has 0 radical (unpaired) electrons. The van der Waals surface area contributed by atoms with Crippen LogP contribution in [0.3, 0.4) is 0 Å². The first-order valence-corrected chi connectivity index (χ1v) is 11.4. The fraction of sp³-hybridized carbons (Fsp3) is 0.625. The van der Waals surface area contributed by atoms with E-state index in [0.29, 0.717) is 55.6 Å². The zero-order chi connectivity index (χ0) is 23.5. The van der Waals surface area contributed by atoms with E-state index in [1.807, 2.05) is 32.6 Å². The van der Waals surface area contributed by atoms with Crippen molar-refractivity contribution in [1.82, 2.24) is 9.80 Å². The second kappa shape index (κ2) is 9.79. The van der Waals surface area contributed by atoms with E-state index in [4.69, 9.17) is 14.2 Å². The van der Waals surface area contributed by atoms with Crippen LogP contribution in [0.5, 0.6) is 5.75 Å². The normalized spacial score (nSPS) is 16.7. The molecule has 0 atom stereocenters. The molecule has 1 aromatic carbocycles. The number of rotatable bonds is 6. The predicted octanol–water partition coefficient (Wildman–Crippen LogP) is 3.86. The maximum atomic E-state index is 13.0. The number of hydrogen-bond donors (Lipinski definition) is 0. The Morgan fingerprint density at radius 1 is 1.09 bits per heavy atom. The quantitative estimate of drug-likeness (QED) is 0.617. The second-order valence-electron chi connectivity index (χ2n) is 9.26. The third-order valence-corrected chi connectivity index (χ3v) is 5.62. The van der Waals surface area contributed by atoms with Gasteiger partial charge in [-0.2, -0.15) is 0 Å². The summed E-state index contributed by atoms with van der Waals surface area (Å²) in [5.41, 5.74) is 1.23. The fourth-order valence-electron chi connectivity index (χ4n) is 4.13. The summed E-state index contributed by atoms with van der Waals surface area (Å²) in [6.45, 7) is 12.1. The van der Waals surface area contributed by atoms with Gasteiger partial charge in [0.1, 0.15) is 16.9 Å². The molecule has 2 heterocycles. The number of fused-ring (bicyclic) bond motifs is 1. The number of carbonyl (C=O) groups is 3. The first kappa shape index (κ1) is 23.9. The third kappa shape index (κ3) is 5.53. The Hall–Kier alpha value is -2.77. The van der Waals surface area contributed by atoms with Crippen molar-refractivity contribution in [2.75, 3.05) is 32.8 Å². The molecule has 1 fully saturated rings. The highest BCUT2D eigenvalue weighted by molar-refractivity contribution is 6.01. The Kier molecular flexibility index (Phi) is 7.31. The van der Waals surface area contributed by atoms with E-state index in [1.165, 1.54) is 0 Å². The Bertz CT molecular complexity index is 868. The van der Waals surface area contributed by atoms with Gasteiger partial charge in [-0.1, -0.05) is 0 Å². The van der Waals surface area contributed by atoms with E-state index in [2.05, 4.69) is 0 Å². The van der Waals surface area contributed by atoms with Crippen molar-refractivity contribution in [3.05, 3.63) is 28.8 Å². The number of hydrogen-bond acceptors (Lipinski definition) is 6. The van der Waals surface area contributed by atoms with Crippen molar-refractivity contribution >= 4 is 18.0 Å². The molecule has 2 amide bonds. The summed E-state index contributed by atoms with van der Waals surface area (Å²) < 4.78 is 16.2. The molecule has 8 nitrogen and oxygen atoms in total. The van der Waals surface area contributed by atoms with Gasteiger partial charge in [0, 0.05) is 31.7 Å². The molecular formula is C24H34N2O6. The van der Waals surface area contributed by atoms with Crippen LogP contribution in [0, 0.1) is 5.92 Å². The lowest BCUT2D eigenvalue weighted by Crippen LogP contribution is -2.43. The number of nitrogens with zero attached hydrogens (tertiary/aromatic N) is 2. The van der Waals surface area contributed by atoms with Crippen LogP contribution in [-0.2, 0) is 16.0 Å². The van der Waals surface area contributed by atoms with Gasteiger partial charge in [-0.25, -0.2) is 9.59 Å². The van der Waals surface area contributed by atoms with Crippen LogP contribution in [0.2, 0.25) is 0 Å². The summed E-state index contributed by atoms with van der Waals surface area (Å²) in [5, 5.41) is 0. The molecule has 1 aromatic rings. The van der Waals surface area contributed by atoms with Crippen LogP contribution in [0.15, 0.2) is 12.1 Å². The second-order valence-corrected chi connectivity index (χ2v) is 9.26. The third-order valence-electron chi connectivity index (χ3n) is 5.62. The van der Waals surface area contributed by atoms with Gasteiger partial charge in [0.05, 0.1) is 13.2 Å². The van der Waals surface area contributed by atoms with E-state index in [9.17, 15) is 14.4 Å². The molecule has 2 aliphatic rings. The van der Waals surface area contributed by atoms with Gasteiger partial charge in [0.15, 0.2) is 0 Å². The summed E-state index contributed by atoms with van der Waals surface area (Å²) in [4.78, 5) is 41.2. The lowest BCUT2D eigenvalue weighted by molar-refractivity contribution is 0.0167. The predicted molar refractivity (Wildman–Crippen MR) is 119 cm³/mol. The summed E-state index contributed by atoms with van der Waals surface area (Å²) in [6.07, 6.45) is 1.35. The molecule has 0 aromatic heterocycles. The van der Waals surface area contributed by atoms with Crippen molar-refractivity contribution in [2.24, 2.45) is 5.92 Å². The molecule has 0 spiro atoms. The molecule has 32 heavy (non-hydrogen) atoms. The van der Waals surface area contributed by atoms with Crippen LogP contribution in [0.4, 0.5) is 4.79 Å². The summed E-state index contributed by atoms with van der Waals surface area (Å²) >= 11 is 0. The van der Waals surface area contributed by atoms with Crippen molar-refractivity contribution < 1.29 is 28.6 Å². The van der Waals surface area contributed by atoms with E-state index < -0.39 is 11.6 Å². The number of piperidine rings is 1. The largest absolute Gasteiger partial charge is 0.493 e. The molecule has 3 rings (SSSR count). The van der Waals surface area contributed by atoms with Crippen LogP contribution < -0.4 is 4.74 Å². The van der Waals surface area contributed by atoms with Gasteiger partial charge in [0.25, 0.3) is 5.91 Å². The SMILES string of the molecule is CCOC(=O)c1cc2c(cc1OCC)C(=O)N(CC1CCN(C(=O)OC(C)(C)C)CC1)C2. The highest BCUT2D eigenvalue weighted by atomic mass is 16.6. The van der Waals surface area contributed by atoms with Crippen molar-refractivity contribution in [1.29, 1.82) is 0 Å². The monoisotopic (exact) mass is 446 g/mol. The van der Waals surface area contributed by atoms with Gasteiger partial charge in [-0.3, -0.25) is 4.79 Å². The van der Waals surface area contributed by atoms with E-state index in [0.717, 1.165) is 18.4 Å². The number of esters is 1. The lowest BCUT2D eigenvalue weighted by Gasteiger charge is -2.34. The Morgan fingerprint density at radius 3 is 2.38 bits per heavy atom. The smallest absolute Gasteiger partial charge is 0.410 e. The number of carbonyl (C=O) groups excluding carboxylic acids is 3. The van der Waals surface area contributed by atoms with Crippen LogP contribution in [-0.4, -0.2) is 66.2 Å². The maximum absolute atomic E-state index is 13.0. The molecule has 0 aliphatic carbocycles. The van der Waals surface area contributed by atoms with Crippen molar-refractivity contribution in [3.63, 3.8) is 0 Å². The van der Waals surface area contributed by atoms with Crippen LogP contribution in [0.1, 0.15) is 73.7 Å². The average molecular weight is 447 g/mol. The summed E-state index contributed by atoms with van der Waals surface area (Å²) in [5.74, 6) is 0.193. The van der Waals surface area contributed by atoms with Gasteiger partial charge < -0.3 is 24.0 Å².